The van der Waals surface area contributed by atoms with Gasteiger partial charge in [-0.1, -0.05) is 18.2 Å². The Balaban J connectivity index is 1.24. The highest BCUT2D eigenvalue weighted by Gasteiger charge is 2.33. The molecule has 1 aromatic carbocycles. The van der Waals surface area contributed by atoms with Crippen molar-refractivity contribution >= 4 is 26.8 Å². The van der Waals surface area contributed by atoms with Crippen molar-refractivity contribution in [3.63, 3.8) is 0 Å². The number of para-hydroxylation sites is 1. The van der Waals surface area contributed by atoms with Crippen LogP contribution in [0, 0.1) is 12.8 Å². The van der Waals surface area contributed by atoms with E-state index in [0.29, 0.717) is 38.3 Å². The van der Waals surface area contributed by atoms with Crippen LogP contribution in [-0.2, 0) is 28.3 Å². The Morgan fingerprint density at radius 3 is 2.71 bits per heavy atom. The first-order valence-electron chi connectivity index (χ1n) is 10.7. The van der Waals surface area contributed by atoms with Crippen molar-refractivity contribution in [2.75, 3.05) is 19.6 Å². The third-order valence-electron chi connectivity index (χ3n) is 6.11. The molecule has 0 aliphatic carbocycles. The molecule has 0 atom stereocenters. The van der Waals surface area contributed by atoms with Gasteiger partial charge in [0.15, 0.2) is 5.03 Å². The van der Waals surface area contributed by atoms with Gasteiger partial charge in [0.25, 0.3) is 10.0 Å². The zero-order chi connectivity index (χ0) is 22.0. The summed E-state index contributed by atoms with van der Waals surface area (Å²) in [6.45, 7) is 3.06. The lowest BCUT2D eigenvalue weighted by Gasteiger charge is -2.29. The molecule has 1 fully saturated rings. The van der Waals surface area contributed by atoms with Crippen LogP contribution in [0.15, 0.2) is 41.7 Å². The Hall–Kier alpha value is -2.65. The van der Waals surface area contributed by atoms with E-state index in [1.807, 2.05) is 18.3 Å². The zero-order valence-electron chi connectivity index (χ0n) is 18.0. The molecule has 3 aromatic rings. The lowest BCUT2D eigenvalue weighted by atomic mass is 9.97. The molecule has 9 heteroatoms. The summed E-state index contributed by atoms with van der Waals surface area (Å²) in [5.74, 6) is 0.523. The summed E-state index contributed by atoms with van der Waals surface area (Å²) in [6.07, 6.45) is 6.38. The molecule has 1 aliphatic heterocycles. The van der Waals surface area contributed by atoms with Crippen LogP contribution in [0.4, 0.5) is 0 Å². The SMILES string of the molecule is Cc1nc(S(=O)(=O)N2CCC(C(=O)NCCCc3c[nH]c4ccccc34)CC2)cn1C. The van der Waals surface area contributed by atoms with Gasteiger partial charge in [-0.05, 0) is 44.2 Å². The van der Waals surface area contributed by atoms with E-state index in [1.165, 1.54) is 21.5 Å². The number of hydrogen-bond acceptors (Lipinski definition) is 4. The molecule has 2 N–H and O–H groups in total. The highest BCUT2D eigenvalue weighted by Crippen LogP contribution is 2.24. The maximum absolute atomic E-state index is 12.8. The fourth-order valence-electron chi connectivity index (χ4n) is 4.11. The molecule has 0 spiro atoms. The Labute approximate surface area is 182 Å². The molecule has 1 aliphatic rings. The fraction of sp³-hybridized carbons (Fsp3) is 0.455. The fourth-order valence-corrected chi connectivity index (χ4v) is 5.61. The number of nitrogens with zero attached hydrogens (tertiary/aromatic N) is 3. The molecule has 0 bridgehead atoms. The van der Waals surface area contributed by atoms with Gasteiger partial charge >= 0.3 is 0 Å². The standard InChI is InChI=1S/C22H29N5O3S/c1-16-25-21(15-26(16)2)31(29,30)27-12-9-17(10-13-27)22(28)23-11-5-6-18-14-24-20-8-4-3-7-19(18)20/h3-4,7-8,14-15,17,24H,5-6,9-13H2,1-2H3,(H,23,28). The van der Waals surface area contributed by atoms with Crippen LogP contribution in [0.1, 0.15) is 30.7 Å². The summed E-state index contributed by atoms with van der Waals surface area (Å²) >= 11 is 0. The average Bonchev–Trinajstić information content (AvgIpc) is 3.34. The molecule has 0 radical (unpaired) electrons. The van der Waals surface area contributed by atoms with Crippen molar-refractivity contribution in [3.05, 3.63) is 48.0 Å². The van der Waals surface area contributed by atoms with Gasteiger partial charge in [-0.2, -0.15) is 4.31 Å². The van der Waals surface area contributed by atoms with Crippen molar-refractivity contribution in [2.45, 2.75) is 37.6 Å². The quantitative estimate of drug-likeness (QED) is 0.548. The number of sulfonamides is 1. The first-order valence-corrected chi connectivity index (χ1v) is 12.1. The number of imidazole rings is 1. The predicted octanol–water partition coefficient (Wildman–Crippen LogP) is 2.36. The Bertz CT molecular complexity index is 1150. The van der Waals surface area contributed by atoms with Gasteiger partial charge < -0.3 is 14.9 Å². The lowest BCUT2D eigenvalue weighted by molar-refractivity contribution is -0.126. The topological polar surface area (TPSA) is 100 Å². The number of piperidine rings is 1. The van der Waals surface area contributed by atoms with Crippen molar-refractivity contribution < 1.29 is 13.2 Å². The lowest BCUT2D eigenvalue weighted by Crippen LogP contribution is -2.43. The number of amides is 1. The van der Waals surface area contributed by atoms with E-state index < -0.39 is 10.0 Å². The minimum absolute atomic E-state index is 0.0182. The van der Waals surface area contributed by atoms with Crippen LogP contribution < -0.4 is 5.32 Å². The van der Waals surface area contributed by atoms with E-state index in [-0.39, 0.29) is 16.9 Å². The van der Waals surface area contributed by atoms with E-state index in [2.05, 4.69) is 27.4 Å². The van der Waals surface area contributed by atoms with Gasteiger partial charge in [-0.15, -0.1) is 0 Å². The number of carbonyl (C=O) groups excluding carboxylic acids is 1. The van der Waals surface area contributed by atoms with Gasteiger partial charge in [-0.25, -0.2) is 13.4 Å². The number of fused-ring (bicyclic) bond motifs is 1. The number of aromatic amines is 1. The second-order valence-electron chi connectivity index (χ2n) is 8.17. The minimum atomic E-state index is -3.61. The van der Waals surface area contributed by atoms with E-state index >= 15 is 0 Å². The second kappa shape index (κ2) is 8.84. The Kier molecular flexibility index (Phi) is 6.15. The summed E-state index contributed by atoms with van der Waals surface area (Å²) in [4.78, 5) is 20.0. The first-order chi connectivity index (χ1) is 14.9. The predicted molar refractivity (Wildman–Crippen MR) is 119 cm³/mol. The minimum Gasteiger partial charge on any atom is -0.361 e. The molecule has 1 amide bonds. The third-order valence-corrected chi connectivity index (χ3v) is 7.88. The molecule has 8 nitrogen and oxygen atoms in total. The van der Waals surface area contributed by atoms with Gasteiger partial charge in [0.2, 0.25) is 5.91 Å². The van der Waals surface area contributed by atoms with E-state index in [9.17, 15) is 13.2 Å². The maximum Gasteiger partial charge on any atom is 0.262 e. The molecule has 31 heavy (non-hydrogen) atoms. The van der Waals surface area contributed by atoms with Crippen LogP contribution in [0.25, 0.3) is 10.9 Å². The summed E-state index contributed by atoms with van der Waals surface area (Å²) in [7, 11) is -1.84. The monoisotopic (exact) mass is 443 g/mol. The van der Waals surface area contributed by atoms with Crippen LogP contribution in [0.3, 0.4) is 0 Å². The molecule has 3 heterocycles. The highest BCUT2D eigenvalue weighted by molar-refractivity contribution is 7.89. The first kappa shape index (κ1) is 21.6. The summed E-state index contributed by atoms with van der Waals surface area (Å²) in [5.41, 5.74) is 2.39. The Morgan fingerprint density at radius 2 is 2.00 bits per heavy atom. The average molecular weight is 444 g/mol. The van der Waals surface area contributed by atoms with Gasteiger partial charge in [0, 0.05) is 55.9 Å². The van der Waals surface area contributed by atoms with Gasteiger partial charge in [0.05, 0.1) is 0 Å². The van der Waals surface area contributed by atoms with Gasteiger partial charge in [0.1, 0.15) is 5.82 Å². The van der Waals surface area contributed by atoms with Crippen LogP contribution in [0.2, 0.25) is 0 Å². The summed E-state index contributed by atoms with van der Waals surface area (Å²) < 4.78 is 28.7. The molecule has 4 rings (SSSR count). The number of nitrogens with one attached hydrogen (secondary N) is 2. The van der Waals surface area contributed by atoms with Crippen LogP contribution in [0.5, 0.6) is 0 Å². The molecule has 166 valence electrons. The normalized spacial score (nSPS) is 16.1. The largest absolute Gasteiger partial charge is 0.361 e. The van der Waals surface area contributed by atoms with Crippen molar-refractivity contribution in [1.82, 2.24) is 24.2 Å². The molecule has 2 aromatic heterocycles. The van der Waals surface area contributed by atoms with Crippen molar-refractivity contribution in [3.8, 4) is 0 Å². The number of carbonyl (C=O) groups is 1. The van der Waals surface area contributed by atoms with Crippen LogP contribution in [-0.4, -0.2) is 52.8 Å². The zero-order valence-corrected chi connectivity index (χ0v) is 18.8. The van der Waals surface area contributed by atoms with Crippen molar-refractivity contribution in [2.24, 2.45) is 13.0 Å². The van der Waals surface area contributed by atoms with E-state index in [4.69, 9.17) is 0 Å². The van der Waals surface area contributed by atoms with E-state index in [1.54, 1.807) is 18.5 Å². The number of benzene rings is 1. The van der Waals surface area contributed by atoms with Crippen molar-refractivity contribution in [1.29, 1.82) is 0 Å². The molecular weight excluding hydrogens is 414 g/mol. The Morgan fingerprint density at radius 1 is 1.26 bits per heavy atom. The number of H-pyrrole nitrogens is 1. The number of hydrogen-bond donors (Lipinski definition) is 2. The van der Waals surface area contributed by atoms with Gasteiger partial charge in [-0.3, -0.25) is 4.79 Å². The molecule has 0 saturated carbocycles. The molecule has 0 unspecified atom stereocenters. The smallest absolute Gasteiger partial charge is 0.262 e. The number of aromatic nitrogens is 3. The third kappa shape index (κ3) is 4.52. The molecule has 1 saturated heterocycles. The maximum atomic E-state index is 12.8. The highest BCUT2D eigenvalue weighted by atomic mass is 32.2. The number of rotatable bonds is 7. The van der Waals surface area contributed by atoms with Crippen LogP contribution >= 0.6 is 0 Å². The molecular formula is C22H29N5O3S. The second-order valence-corrected chi connectivity index (χ2v) is 10.1. The summed E-state index contributed by atoms with van der Waals surface area (Å²) in [5, 5.41) is 4.33. The van der Waals surface area contributed by atoms with E-state index in [0.717, 1.165) is 18.4 Å². The summed E-state index contributed by atoms with van der Waals surface area (Å²) in [6, 6.07) is 8.20. The number of aryl methyl sites for hydroxylation is 3.